The van der Waals surface area contributed by atoms with E-state index in [4.69, 9.17) is 5.11 Å². The van der Waals surface area contributed by atoms with Crippen LogP contribution in [0, 0.1) is 0 Å². The highest BCUT2D eigenvalue weighted by atomic mass is 32.2. The molecule has 0 aromatic heterocycles. The molecule has 0 unspecified atom stereocenters. The smallest absolute Gasteiger partial charge is 0.335 e. The van der Waals surface area contributed by atoms with Gasteiger partial charge in [-0.05, 0) is 24.6 Å². The van der Waals surface area contributed by atoms with Crippen LogP contribution in [0.25, 0.3) is 0 Å². The van der Waals surface area contributed by atoms with Crippen molar-refractivity contribution in [3.8, 4) is 0 Å². The number of aromatic carboxylic acids is 1. The number of benzene rings is 1. The maximum Gasteiger partial charge on any atom is 0.335 e. The Balaban J connectivity index is 2.45. The molecule has 1 amide bonds. The van der Waals surface area contributed by atoms with Crippen molar-refractivity contribution in [3.63, 3.8) is 0 Å². The van der Waals surface area contributed by atoms with Crippen LogP contribution in [0.3, 0.4) is 0 Å². The minimum atomic E-state index is -4.09. The third-order valence-corrected chi connectivity index (χ3v) is 5.33. The van der Waals surface area contributed by atoms with Gasteiger partial charge < -0.3 is 10.0 Å². The number of anilines is 1. The molecule has 26 heavy (non-hydrogen) atoms. The number of piperidine rings is 1. The van der Waals surface area contributed by atoms with Gasteiger partial charge in [0.2, 0.25) is 0 Å². The molecule has 1 aliphatic heterocycles. The monoisotopic (exact) mass is 391 g/mol. The molecule has 0 bridgehead atoms. The van der Waals surface area contributed by atoms with Gasteiger partial charge in [0.25, 0.3) is 11.8 Å². The fourth-order valence-electron chi connectivity index (χ4n) is 2.55. The summed E-state index contributed by atoms with van der Waals surface area (Å²) in [6, 6.07) is 3.33. The maximum atomic E-state index is 13.7. The number of nitrogens with one attached hydrogen (secondary N) is 1. The average Bonchev–Trinajstić information content (AvgIpc) is 2.52. The Morgan fingerprint density at radius 2 is 1.96 bits per heavy atom. The zero-order valence-corrected chi connectivity index (χ0v) is 15.0. The summed E-state index contributed by atoms with van der Waals surface area (Å²) >= 11 is 0. The van der Waals surface area contributed by atoms with E-state index in [0.29, 0.717) is 0 Å². The van der Waals surface area contributed by atoms with Crippen LogP contribution < -0.4 is 9.62 Å². The molecule has 1 heterocycles. The van der Waals surface area contributed by atoms with Crippen LogP contribution in [0.4, 0.5) is 14.5 Å². The van der Waals surface area contributed by atoms with E-state index in [1.165, 1.54) is 19.0 Å². The molecule has 144 valence electrons. The Hall–Kier alpha value is -2.27. The van der Waals surface area contributed by atoms with E-state index in [-0.39, 0.29) is 36.2 Å². The van der Waals surface area contributed by atoms with E-state index in [1.807, 2.05) is 4.72 Å². The van der Waals surface area contributed by atoms with E-state index < -0.39 is 34.6 Å². The Morgan fingerprint density at radius 1 is 1.31 bits per heavy atom. The standard InChI is InChI=1S/C15H19F2N3O5S/c1-19(2)26(24,25)18-13(21)11-5-4-10(14(22)23)8-12(11)20-7-3-6-15(16,17)9-20/h4-5,8H,3,6-7,9H2,1-2H3,(H,18,21)(H,22,23). The summed E-state index contributed by atoms with van der Waals surface area (Å²) in [6.45, 7) is -0.490. The molecule has 0 aliphatic carbocycles. The number of carboxylic acid groups (broad SMARTS) is 1. The molecule has 1 aliphatic rings. The molecule has 1 saturated heterocycles. The fourth-order valence-corrected chi connectivity index (χ4v) is 3.08. The summed E-state index contributed by atoms with van der Waals surface area (Å²) in [5.74, 6) is -5.30. The summed E-state index contributed by atoms with van der Waals surface area (Å²) in [7, 11) is -1.66. The molecule has 8 nitrogen and oxygen atoms in total. The number of hydrogen-bond donors (Lipinski definition) is 2. The van der Waals surface area contributed by atoms with Gasteiger partial charge in [0, 0.05) is 27.1 Å². The zero-order chi connectivity index (χ0) is 19.7. The lowest BCUT2D eigenvalue weighted by Gasteiger charge is -2.35. The summed E-state index contributed by atoms with van der Waals surface area (Å²) in [5, 5.41) is 9.13. The summed E-state index contributed by atoms with van der Waals surface area (Å²) < 4.78 is 53.8. The van der Waals surface area contributed by atoms with Crippen molar-refractivity contribution >= 4 is 27.8 Å². The van der Waals surface area contributed by atoms with Gasteiger partial charge in [-0.1, -0.05) is 0 Å². The Bertz CT molecular complexity index is 827. The molecule has 1 fully saturated rings. The first-order valence-corrected chi connectivity index (χ1v) is 9.12. The Morgan fingerprint density at radius 3 is 2.50 bits per heavy atom. The number of carboxylic acids is 1. The van der Waals surface area contributed by atoms with Crippen molar-refractivity contribution < 1.29 is 31.9 Å². The molecule has 0 spiro atoms. The van der Waals surface area contributed by atoms with Gasteiger partial charge in [0.15, 0.2) is 0 Å². The van der Waals surface area contributed by atoms with E-state index >= 15 is 0 Å². The first-order valence-electron chi connectivity index (χ1n) is 7.68. The molecule has 2 N–H and O–H groups in total. The second kappa shape index (κ2) is 7.16. The molecule has 0 atom stereocenters. The third-order valence-electron chi connectivity index (χ3n) is 3.93. The molecule has 0 saturated carbocycles. The lowest BCUT2D eigenvalue weighted by molar-refractivity contribution is -0.0117. The van der Waals surface area contributed by atoms with E-state index in [1.54, 1.807) is 0 Å². The molecule has 0 radical (unpaired) electrons. The van der Waals surface area contributed by atoms with Gasteiger partial charge in [-0.15, -0.1) is 0 Å². The predicted molar refractivity (Wildman–Crippen MR) is 89.9 cm³/mol. The molecule has 2 rings (SSSR count). The minimum Gasteiger partial charge on any atom is -0.478 e. The molecule has 1 aromatic carbocycles. The maximum absolute atomic E-state index is 13.7. The highest BCUT2D eigenvalue weighted by Gasteiger charge is 2.36. The zero-order valence-electron chi connectivity index (χ0n) is 14.2. The first kappa shape index (κ1) is 20.0. The van der Waals surface area contributed by atoms with Gasteiger partial charge in [0.1, 0.15) is 0 Å². The van der Waals surface area contributed by atoms with Crippen molar-refractivity contribution in [2.75, 3.05) is 32.1 Å². The van der Waals surface area contributed by atoms with E-state index in [2.05, 4.69) is 0 Å². The van der Waals surface area contributed by atoms with E-state index in [9.17, 15) is 26.8 Å². The van der Waals surface area contributed by atoms with Crippen molar-refractivity contribution in [2.24, 2.45) is 0 Å². The Labute approximate surface area is 149 Å². The first-order chi connectivity index (χ1) is 11.9. The summed E-state index contributed by atoms with van der Waals surface area (Å²) in [6.07, 6.45) is -0.153. The van der Waals surface area contributed by atoms with Crippen LogP contribution in [0.15, 0.2) is 18.2 Å². The number of carbonyl (C=O) groups is 2. The quantitative estimate of drug-likeness (QED) is 0.780. The van der Waals surface area contributed by atoms with Gasteiger partial charge in [-0.2, -0.15) is 12.7 Å². The lowest BCUT2D eigenvalue weighted by atomic mass is 10.0. The third kappa shape index (κ3) is 4.47. The van der Waals surface area contributed by atoms with Crippen LogP contribution in [0.5, 0.6) is 0 Å². The van der Waals surface area contributed by atoms with Gasteiger partial charge >= 0.3 is 16.2 Å². The minimum absolute atomic E-state index is 0.0456. The molecule has 11 heteroatoms. The van der Waals surface area contributed by atoms with Crippen LogP contribution in [-0.2, 0) is 10.2 Å². The summed E-state index contributed by atoms with van der Waals surface area (Å²) in [4.78, 5) is 24.8. The van der Waals surface area contributed by atoms with Crippen molar-refractivity contribution in [1.29, 1.82) is 0 Å². The van der Waals surface area contributed by atoms with Crippen molar-refractivity contribution in [3.05, 3.63) is 29.3 Å². The average molecular weight is 391 g/mol. The Kier molecular flexibility index (Phi) is 5.52. The van der Waals surface area contributed by atoms with E-state index in [0.717, 1.165) is 22.5 Å². The highest BCUT2D eigenvalue weighted by Crippen LogP contribution is 2.32. The predicted octanol–water partition coefficient (Wildman–Crippen LogP) is 1.16. The SMILES string of the molecule is CN(C)S(=O)(=O)NC(=O)c1ccc(C(=O)O)cc1N1CCCC(F)(F)C1. The van der Waals surface area contributed by atoms with Gasteiger partial charge in [-0.25, -0.2) is 18.3 Å². The largest absolute Gasteiger partial charge is 0.478 e. The number of halogens is 2. The second-order valence-electron chi connectivity index (χ2n) is 6.14. The summed E-state index contributed by atoms with van der Waals surface area (Å²) in [5.41, 5.74) is -0.435. The topological polar surface area (TPSA) is 107 Å². The number of hydrogen-bond acceptors (Lipinski definition) is 5. The molecule has 1 aromatic rings. The van der Waals surface area contributed by atoms with Crippen LogP contribution in [0.1, 0.15) is 33.6 Å². The number of carbonyl (C=O) groups excluding carboxylic acids is 1. The number of nitrogens with zero attached hydrogens (tertiary/aromatic N) is 2. The van der Waals surface area contributed by atoms with Crippen LogP contribution >= 0.6 is 0 Å². The normalized spacial score (nSPS) is 17.2. The molecular weight excluding hydrogens is 372 g/mol. The van der Waals surface area contributed by atoms with Crippen LogP contribution in [0.2, 0.25) is 0 Å². The van der Waals surface area contributed by atoms with Gasteiger partial charge in [-0.3, -0.25) is 4.79 Å². The number of alkyl halides is 2. The second-order valence-corrected chi connectivity index (χ2v) is 8.02. The number of rotatable bonds is 5. The van der Waals surface area contributed by atoms with Crippen molar-refractivity contribution in [1.82, 2.24) is 9.03 Å². The highest BCUT2D eigenvalue weighted by molar-refractivity contribution is 7.87. The molecular formula is C15H19F2N3O5S. The van der Waals surface area contributed by atoms with Crippen LogP contribution in [-0.4, -0.2) is 62.8 Å². The lowest BCUT2D eigenvalue weighted by Crippen LogP contribution is -2.44. The van der Waals surface area contributed by atoms with Gasteiger partial charge in [0.05, 0.1) is 23.4 Å². The number of amides is 1. The van der Waals surface area contributed by atoms with Crippen molar-refractivity contribution in [2.45, 2.75) is 18.8 Å². The fraction of sp³-hybridized carbons (Fsp3) is 0.467.